The van der Waals surface area contributed by atoms with Crippen LogP contribution in [-0.2, 0) is 19.3 Å². The molecule has 0 aromatic heterocycles. The zero-order chi connectivity index (χ0) is 16.1. The van der Waals surface area contributed by atoms with Gasteiger partial charge in [-0.3, -0.25) is 0 Å². The minimum absolute atomic E-state index is 0.111. The molecule has 1 unspecified atom stereocenters. The molecule has 2 aromatic carbocycles. The van der Waals surface area contributed by atoms with Crippen LogP contribution >= 0.6 is 11.6 Å². The Hall–Kier alpha value is -1.34. The molecule has 0 heterocycles. The SMILES string of the molecule is CC(C)Cc1ccc(CC(C)Cc2ccccc2F)cc1Cl. The summed E-state index contributed by atoms with van der Waals surface area (Å²) in [4.78, 5) is 0. The van der Waals surface area contributed by atoms with Crippen molar-refractivity contribution in [1.82, 2.24) is 0 Å². The minimum atomic E-state index is -0.111. The zero-order valence-electron chi connectivity index (χ0n) is 13.6. The highest BCUT2D eigenvalue weighted by Gasteiger charge is 2.10. The van der Waals surface area contributed by atoms with Gasteiger partial charge in [-0.25, -0.2) is 4.39 Å². The van der Waals surface area contributed by atoms with Gasteiger partial charge in [0.05, 0.1) is 0 Å². The first-order valence-corrected chi connectivity index (χ1v) is 8.34. The molecular formula is C20H24ClF. The van der Waals surface area contributed by atoms with Gasteiger partial charge in [0.1, 0.15) is 5.82 Å². The number of halogens is 2. The molecule has 0 amide bonds. The molecule has 0 radical (unpaired) electrons. The van der Waals surface area contributed by atoms with Crippen LogP contribution in [0.15, 0.2) is 42.5 Å². The van der Waals surface area contributed by atoms with Crippen molar-refractivity contribution in [3.63, 3.8) is 0 Å². The average molecular weight is 319 g/mol. The molecule has 0 spiro atoms. The molecule has 1 atom stereocenters. The maximum atomic E-state index is 13.7. The van der Waals surface area contributed by atoms with Crippen molar-refractivity contribution in [2.24, 2.45) is 11.8 Å². The van der Waals surface area contributed by atoms with Crippen molar-refractivity contribution in [1.29, 1.82) is 0 Å². The van der Waals surface area contributed by atoms with Crippen LogP contribution in [-0.4, -0.2) is 0 Å². The van der Waals surface area contributed by atoms with E-state index in [4.69, 9.17) is 11.6 Å². The first-order valence-electron chi connectivity index (χ1n) is 7.96. The largest absolute Gasteiger partial charge is 0.207 e. The number of rotatable bonds is 6. The van der Waals surface area contributed by atoms with Crippen molar-refractivity contribution in [3.05, 3.63) is 70.0 Å². The van der Waals surface area contributed by atoms with E-state index in [1.165, 1.54) is 17.2 Å². The number of benzene rings is 2. The Bertz CT molecular complexity index is 619. The van der Waals surface area contributed by atoms with Crippen molar-refractivity contribution in [2.45, 2.75) is 40.0 Å². The van der Waals surface area contributed by atoms with Crippen LogP contribution in [0.2, 0.25) is 5.02 Å². The quantitative estimate of drug-likeness (QED) is 0.603. The Morgan fingerprint density at radius 2 is 1.64 bits per heavy atom. The maximum Gasteiger partial charge on any atom is 0.126 e. The molecule has 0 saturated heterocycles. The minimum Gasteiger partial charge on any atom is -0.207 e. The zero-order valence-corrected chi connectivity index (χ0v) is 14.3. The summed E-state index contributed by atoms with van der Waals surface area (Å²) in [6.07, 6.45) is 2.66. The summed E-state index contributed by atoms with van der Waals surface area (Å²) >= 11 is 6.38. The Balaban J connectivity index is 2.01. The van der Waals surface area contributed by atoms with Crippen LogP contribution in [0, 0.1) is 17.7 Å². The molecule has 0 aliphatic heterocycles. The van der Waals surface area contributed by atoms with Crippen molar-refractivity contribution in [3.8, 4) is 0 Å². The standard InChI is InChI=1S/C20H24ClF/c1-14(2)10-17-9-8-16(13-19(17)21)11-15(3)12-18-6-4-5-7-20(18)22/h4-9,13-15H,10-12H2,1-3H3. The Morgan fingerprint density at radius 1 is 0.909 bits per heavy atom. The lowest BCUT2D eigenvalue weighted by atomic mass is 9.93. The van der Waals surface area contributed by atoms with Crippen LogP contribution in [0.5, 0.6) is 0 Å². The van der Waals surface area contributed by atoms with Gasteiger partial charge < -0.3 is 0 Å². The van der Waals surface area contributed by atoms with Gasteiger partial charge in [-0.1, -0.05) is 62.7 Å². The van der Waals surface area contributed by atoms with Gasteiger partial charge in [0.25, 0.3) is 0 Å². The summed E-state index contributed by atoms with van der Waals surface area (Å²) in [5.41, 5.74) is 3.22. The van der Waals surface area contributed by atoms with E-state index in [0.29, 0.717) is 11.8 Å². The molecule has 118 valence electrons. The highest BCUT2D eigenvalue weighted by atomic mass is 35.5. The molecular weight excluding hydrogens is 295 g/mol. The van der Waals surface area contributed by atoms with Crippen molar-refractivity contribution in [2.75, 3.05) is 0 Å². The molecule has 0 fully saturated rings. The Kier molecular flexibility index (Phi) is 6.02. The molecule has 2 aromatic rings. The van der Waals surface area contributed by atoms with E-state index >= 15 is 0 Å². The van der Waals surface area contributed by atoms with Crippen LogP contribution in [0.3, 0.4) is 0 Å². The van der Waals surface area contributed by atoms with Crippen LogP contribution in [0.25, 0.3) is 0 Å². The predicted octanol–water partition coefficient (Wildman–Crippen LogP) is 6.10. The van der Waals surface area contributed by atoms with E-state index in [1.54, 1.807) is 6.07 Å². The normalized spacial score (nSPS) is 12.6. The molecule has 0 N–H and O–H groups in total. The van der Waals surface area contributed by atoms with Gasteiger partial charge in [-0.15, -0.1) is 0 Å². The van der Waals surface area contributed by atoms with E-state index in [-0.39, 0.29) is 5.82 Å². The third-order valence-corrected chi connectivity index (χ3v) is 4.21. The molecule has 0 aliphatic rings. The molecule has 0 bridgehead atoms. The molecule has 0 nitrogen and oxygen atoms in total. The summed E-state index contributed by atoms with van der Waals surface area (Å²) in [6, 6.07) is 13.4. The summed E-state index contributed by atoms with van der Waals surface area (Å²) in [5.74, 6) is 0.868. The monoisotopic (exact) mass is 318 g/mol. The van der Waals surface area contributed by atoms with Gasteiger partial charge in [0.2, 0.25) is 0 Å². The summed E-state index contributed by atoms with van der Waals surface area (Å²) in [5, 5.41) is 0.851. The Labute approximate surface area is 138 Å². The highest BCUT2D eigenvalue weighted by molar-refractivity contribution is 6.31. The van der Waals surface area contributed by atoms with Crippen LogP contribution < -0.4 is 0 Å². The van der Waals surface area contributed by atoms with E-state index in [0.717, 1.165) is 29.8 Å². The van der Waals surface area contributed by atoms with E-state index in [9.17, 15) is 4.39 Å². The lowest BCUT2D eigenvalue weighted by molar-refractivity contribution is 0.542. The van der Waals surface area contributed by atoms with E-state index in [2.05, 4.69) is 39.0 Å². The molecule has 22 heavy (non-hydrogen) atoms. The van der Waals surface area contributed by atoms with Gasteiger partial charge in [0.15, 0.2) is 0 Å². The first kappa shape index (κ1) is 17.0. The molecule has 0 aliphatic carbocycles. The summed E-state index contributed by atoms with van der Waals surface area (Å²) < 4.78 is 13.7. The third kappa shape index (κ3) is 4.84. The fraction of sp³-hybridized carbons (Fsp3) is 0.400. The first-order chi connectivity index (χ1) is 10.5. The lowest BCUT2D eigenvalue weighted by Crippen LogP contribution is -2.06. The topological polar surface area (TPSA) is 0 Å². The molecule has 0 saturated carbocycles. The van der Waals surface area contributed by atoms with E-state index in [1.807, 2.05) is 12.1 Å². The second kappa shape index (κ2) is 7.78. The highest BCUT2D eigenvalue weighted by Crippen LogP contribution is 2.23. The third-order valence-electron chi connectivity index (χ3n) is 3.86. The molecule has 2 rings (SSSR count). The fourth-order valence-corrected chi connectivity index (χ4v) is 3.12. The number of hydrogen-bond acceptors (Lipinski definition) is 0. The molecule has 2 heteroatoms. The maximum absolute atomic E-state index is 13.7. The van der Waals surface area contributed by atoms with Crippen LogP contribution in [0.1, 0.15) is 37.5 Å². The summed E-state index contributed by atoms with van der Waals surface area (Å²) in [6.45, 7) is 6.55. The van der Waals surface area contributed by atoms with Gasteiger partial charge >= 0.3 is 0 Å². The van der Waals surface area contributed by atoms with Crippen molar-refractivity contribution < 1.29 is 4.39 Å². The second-order valence-corrected chi connectivity index (χ2v) is 7.04. The predicted molar refractivity (Wildman–Crippen MR) is 93.0 cm³/mol. The Morgan fingerprint density at radius 3 is 2.27 bits per heavy atom. The van der Waals surface area contributed by atoms with Crippen LogP contribution in [0.4, 0.5) is 4.39 Å². The fourth-order valence-electron chi connectivity index (χ4n) is 2.84. The number of hydrogen-bond donors (Lipinski definition) is 0. The van der Waals surface area contributed by atoms with E-state index < -0.39 is 0 Å². The van der Waals surface area contributed by atoms with Gasteiger partial charge in [-0.05, 0) is 59.9 Å². The second-order valence-electron chi connectivity index (χ2n) is 6.63. The average Bonchev–Trinajstić information content (AvgIpc) is 2.44. The summed E-state index contributed by atoms with van der Waals surface area (Å²) in [7, 11) is 0. The lowest BCUT2D eigenvalue weighted by Gasteiger charge is -2.14. The van der Waals surface area contributed by atoms with Gasteiger partial charge in [-0.2, -0.15) is 0 Å². The van der Waals surface area contributed by atoms with Gasteiger partial charge in [0, 0.05) is 5.02 Å². The smallest absolute Gasteiger partial charge is 0.126 e. The van der Waals surface area contributed by atoms with Crippen molar-refractivity contribution >= 4 is 11.6 Å².